The number of hydrogen-bond donors (Lipinski definition) is 0. The highest BCUT2D eigenvalue weighted by molar-refractivity contribution is 5.98. The minimum absolute atomic E-state index is 0.0969. The van der Waals surface area contributed by atoms with Crippen LogP contribution in [0, 0.1) is 20.2 Å². The summed E-state index contributed by atoms with van der Waals surface area (Å²) in [6, 6.07) is 4.30. The molecule has 1 aromatic rings. The molecule has 0 N–H and O–H groups in total. The number of esters is 1. The highest BCUT2D eigenvalue weighted by atomic mass is 16.6. The zero-order chi connectivity index (χ0) is 20.4. The van der Waals surface area contributed by atoms with E-state index in [2.05, 4.69) is 4.99 Å². The maximum Gasteiger partial charge on any atom is 0.337 e. The molecule has 1 heterocycles. The van der Waals surface area contributed by atoms with Gasteiger partial charge in [-0.25, -0.2) is 4.79 Å². The Balaban J connectivity index is 2.08. The van der Waals surface area contributed by atoms with E-state index in [0.717, 1.165) is 25.7 Å². The molecule has 2 aliphatic rings. The van der Waals surface area contributed by atoms with E-state index in [1.165, 1.54) is 25.1 Å². The Bertz CT molecular complexity index is 885. The molecule has 9 heteroatoms. The van der Waals surface area contributed by atoms with Crippen molar-refractivity contribution >= 4 is 17.4 Å². The summed E-state index contributed by atoms with van der Waals surface area (Å²) in [5, 5.41) is 23.0. The maximum atomic E-state index is 12.9. The molecule has 9 nitrogen and oxygen atoms in total. The van der Waals surface area contributed by atoms with Crippen LogP contribution in [0.1, 0.15) is 51.0 Å². The van der Waals surface area contributed by atoms with Crippen molar-refractivity contribution in [2.75, 3.05) is 0 Å². The first-order valence-electron chi connectivity index (χ1n) is 9.14. The van der Waals surface area contributed by atoms with E-state index in [0.29, 0.717) is 11.3 Å². The fourth-order valence-corrected chi connectivity index (χ4v) is 3.97. The average molecular weight is 387 g/mol. The van der Waals surface area contributed by atoms with Crippen molar-refractivity contribution in [3.63, 3.8) is 0 Å². The van der Waals surface area contributed by atoms with Crippen molar-refractivity contribution in [2.45, 2.75) is 57.6 Å². The third-order valence-electron chi connectivity index (χ3n) is 5.25. The number of hydrogen-bond acceptors (Lipinski definition) is 7. The number of non-ortho nitro benzene ring substituents is 1. The van der Waals surface area contributed by atoms with Crippen LogP contribution in [-0.4, -0.2) is 33.7 Å². The molecule has 0 aromatic heterocycles. The first kappa shape index (κ1) is 19.7. The number of nitro groups is 2. The second kappa shape index (κ2) is 7.87. The van der Waals surface area contributed by atoms with Crippen molar-refractivity contribution in [3.05, 3.63) is 61.3 Å². The lowest BCUT2D eigenvalue weighted by molar-refractivity contribution is -0.505. The zero-order valence-electron chi connectivity index (χ0n) is 15.7. The molecule has 28 heavy (non-hydrogen) atoms. The first-order valence-corrected chi connectivity index (χ1v) is 9.14. The molecule has 0 spiro atoms. The molecule has 2 atom stereocenters. The van der Waals surface area contributed by atoms with Gasteiger partial charge in [-0.2, -0.15) is 0 Å². The van der Waals surface area contributed by atoms with E-state index in [9.17, 15) is 25.0 Å². The van der Waals surface area contributed by atoms with E-state index < -0.39 is 27.8 Å². The Labute approximate surface area is 161 Å². The normalized spacial score (nSPS) is 22.7. The van der Waals surface area contributed by atoms with E-state index >= 15 is 0 Å². The molecular weight excluding hydrogens is 366 g/mol. The third-order valence-corrected chi connectivity index (χ3v) is 5.25. The summed E-state index contributed by atoms with van der Waals surface area (Å²) in [6.45, 7) is 3.13. The van der Waals surface area contributed by atoms with Crippen LogP contribution in [0.15, 0.2) is 40.5 Å². The van der Waals surface area contributed by atoms with Crippen LogP contribution in [0.5, 0.6) is 0 Å². The molecule has 0 radical (unpaired) electrons. The van der Waals surface area contributed by atoms with Gasteiger partial charge in [0, 0.05) is 22.8 Å². The maximum absolute atomic E-state index is 12.9. The minimum Gasteiger partial charge on any atom is -0.459 e. The van der Waals surface area contributed by atoms with Crippen molar-refractivity contribution in [1.29, 1.82) is 0 Å². The number of aliphatic imine (C=N–C) groups is 1. The summed E-state index contributed by atoms with van der Waals surface area (Å²) in [5.41, 5.74) is 0.815. The highest BCUT2D eigenvalue weighted by Gasteiger charge is 2.45. The molecule has 148 valence electrons. The monoisotopic (exact) mass is 387 g/mol. The molecule has 1 fully saturated rings. The topological polar surface area (TPSA) is 125 Å². The Morgan fingerprint density at radius 3 is 2.46 bits per heavy atom. The van der Waals surface area contributed by atoms with Gasteiger partial charge in [-0.15, -0.1) is 0 Å². The summed E-state index contributed by atoms with van der Waals surface area (Å²) in [6.07, 6.45) is 3.26. The lowest BCUT2D eigenvalue weighted by Gasteiger charge is -2.28. The van der Waals surface area contributed by atoms with Gasteiger partial charge < -0.3 is 4.74 Å². The van der Waals surface area contributed by atoms with Crippen molar-refractivity contribution in [3.8, 4) is 0 Å². The Hall–Kier alpha value is -3.10. The minimum atomic E-state index is -1.29. The molecular formula is C19H21N3O6. The van der Waals surface area contributed by atoms with Gasteiger partial charge in [0.1, 0.15) is 6.10 Å². The second-order valence-electron chi connectivity index (χ2n) is 7.12. The smallest absolute Gasteiger partial charge is 0.337 e. The van der Waals surface area contributed by atoms with Gasteiger partial charge in [0.15, 0.2) is 0 Å². The Morgan fingerprint density at radius 2 is 1.86 bits per heavy atom. The van der Waals surface area contributed by atoms with Gasteiger partial charge in [-0.05, 0) is 45.1 Å². The molecule has 1 aliphatic heterocycles. The summed E-state index contributed by atoms with van der Waals surface area (Å²) < 4.78 is 5.59. The van der Waals surface area contributed by atoms with E-state index in [1.54, 1.807) is 13.0 Å². The summed E-state index contributed by atoms with van der Waals surface area (Å²) in [7, 11) is 0. The van der Waals surface area contributed by atoms with Crippen molar-refractivity contribution in [1.82, 2.24) is 0 Å². The van der Waals surface area contributed by atoms with Gasteiger partial charge in [0.25, 0.3) is 11.7 Å². The number of nitrogens with zero attached hydrogens (tertiary/aromatic N) is 3. The van der Waals surface area contributed by atoms with Crippen LogP contribution in [0.2, 0.25) is 0 Å². The predicted octanol–water partition coefficient (Wildman–Crippen LogP) is 3.56. The zero-order valence-corrected chi connectivity index (χ0v) is 15.7. The molecule has 0 amide bonds. The lowest BCUT2D eigenvalue weighted by Crippen LogP contribution is -2.40. The molecule has 1 saturated carbocycles. The van der Waals surface area contributed by atoms with Gasteiger partial charge in [0.05, 0.1) is 22.1 Å². The summed E-state index contributed by atoms with van der Waals surface area (Å²) in [4.78, 5) is 39.1. The summed E-state index contributed by atoms with van der Waals surface area (Å²) in [5.74, 6) is -1.63. The van der Waals surface area contributed by atoms with Crippen molar-refractivity contribution in [2.24, 2.45) is 4.99 Å². The predicted molar refractivity (Wildman–Crippen MR) is 101 cm³/mol. The second-order valence-corrected chi connectivity index (χ2v) is 7.12. The van der Waals surface area contributed by atoms with Crippen LogP contribution >= 0.6 is 0 Å². The molecule has 2 unspecified atom stereocenters. The SMILES string of the molecule is CC1=NC(C)=C(C(=O)OC2CCCC2)C(c2cccc([N+](=O)[O-])c2)C1[N+](=O)[O-]. The third kappa shape index (κ3) is 3.78. The van der Waals surface area contributed by atoms with Crippen LogP contribution in [0.4, 0.5) is 5.69 Å². The highest BCUT2D eigenvalue weighted by Crippen LogP contribution is 2.38. The first-order chi connectivity index (χ1) is 13.3. The molecule has 0 saturated heterocycles. The number of nitro benzene ring substituents is 1. The Morgan fingerprint density at radius 1 is 1.18 bits per heavy atom. The van der Waals surface area contributed by atoms with E-state index in [1.807, 2.05) is 0 Å². The van der Waals surface area contributed by atoms with E-state index in [4.69, 9.17) is 4.74 Å². The lowest BCUT2D eigenvalue weighted by atomic mass is 9.80. The number of benzene rings is 1. The van der Waals surface area contributed by atoms with E-state index in [-0.39, 0.29) is 23.1 Å². The van der Waals surface area contributed by atoms with Crippen LogP contribution in [0.3, 0.4) is 0 Å². The molecule has 1 aliphatic carbocycles. The number of carbonyl (C=O) groups is 1. The van der Waals surface area contributed by atoms with Gasteiger partial charge in [0.2, 0.25) is 0 Å². The fraction of sp³-hybridized carbons (Fsp3) is 0.474. The Kier molecular flexibility index (Phi) is 5.53. The quantitative estimate of drug-likeness (QED) is 0.432. The van der Waals surface area contributed by atoms with Crippen LogP contribution in [0.25, 0.3) is 0 Å². The van der Waals surface area contributed by atoms with Crippen LogP contribution in [-0.2, 0) is 9.53 Å². The molecule has 1 aromatic carbocycles. The van der Waals surface area contributed by atoms with Gasteiger partial charge in [-0.1, -0.05) is 12.1 Å². The largest absolute Gasteiger partial charge is 0.459 e. The number of carbonyl (C=O) groups excluding carboxylic acids is 1. The molecule has 0 bridgehead atoms. The molecule has 3 rings (SSSR count). The van der Waals surface area contributed by atoms with Crippen LogP contribution < -0.4 is 0 Å². The average Bonchev–Trinajstić information content (AvgIpc) is 3.13. The fourth-order valence-electron chi connectivity index (χ4n) is 3.97. The number of rotatable bonds is 5. The number of allylic oxidation sites excluding steroid dienone is 1. The summed E-state index contributed by atoms with van der Waals surface area (Å²) >= 11 is 0. The van der Waals surface area contributed by atoms with Gasteiger partial charge in [-0.3, -0.25) is 25.2 Å². The van der Waals surface area contributed by atoms with Gasteiger partial charge >= 0.3 is 5.97 Å². The van der Waals surface area contributed by atoms with Crippen molar-refractivity contribution < 1.29 is 19.4 Å². The standard InChI is InChI=1S/C19H21N3O6/c1-11-16(19(23)28-15-8-3-4-9-15)17(18(22(26)27)12(2)20-11)13-6-5-7-14(10-13)21(24)25/h5-7,10,15,17-18H,3-4,8-9H2,1-2H3. The number of ether oxygens (including phenoxy) is 1.